The van der Waals surface area contributed by atoms with Crippen molar-refractivity contribution in [3.8, 4) is 0 Å². The van der Waals surface area contributed by atoms with Gasteiger partial charge in [-0.3, -0.25) is 9.59 Å². The highest BCUT2D eigenvalue weighted by Crippen LogP contribution is 2.38. The maximum atomic E-state index is 12.7. The first kappa shape index (κ1) is 14.4. The summed E-state index contributed by atoms with van der Waals surface area (Å²) < 4.78 is 0. The molecule has 3 unspecified atom stereocenters. The first-order chi connectivity index (χ1) is 8.92. The quantitative estimate of drug-likeness (QED) is 0.826. The third-order valence-corrected chi connectivity index (χ3v) is 4.72. The maximum Gasteiger partial charge on any atom is 0.248 e. The van der Waals surface area contributed by atoms with Gasteiger partial charge in [0, 0.05) is 6.54 Å². The molecule has 1 saturated heterocycles. The minimum Gasteiger partial charge on any atom is -0.340 e. The summed E-state index contributed by atoms with van der Waals surface area (Å²) >= 11 is 0. The maximum absolute atomic E-state index is 12.7. The molecule has 108 valence electrons. The molecule has 0 bridgehead atoms. The van der Waals surface area contributed by atoms with Gasteiger partial charge in [-0.05, 0) is 38.0 Å². The normalized spacial score (nSPS) is 33.3. The third-order valence-electron chi connectivity index (χ3n) is 4.72. The Kier molecular flexibility index (Phi) is 3.88. The summed E-state index contributed by atoms with van der Waals surface area (Å²) in [7, 11) is 0. The molecule has 1 aliphatic heterocycles. The summed E-state index contributed by atoms with van der Waals surface area (Å²) in [5, 5.41) is 2.95. The zero-order chi connectivity index (χ0) is 14.2. The summed E-state index contributed by atoms with van der Waals surface area (Å²) in [4.78, 5) is 27.0. The first-order valence-corrected chi connectivity index (χ1v) is 7.56. The molecule has 1 N–H and O–H groups in total. The van der Waals surface area contributed by atoms with Gasteiger partial charge in [-0.15, -0.1) is 0 Å². The molecule has 1 aliphatic carbocycles. The van der Waals surface area contributed by atoms with E-state index in [9.17, 15) is 9.59 Å². The largest absolute Gasteiger partial charge is 0.340 e. The van der Waals surface area contributed by atoms with Crippen molar-refractivity contribution >= 4 is 11.8 Å². The van der Waals surface area contributed by atoms with Crippen LogP contribution in [0, 0.1) is 11.8 Å². The molecule has 4 heteroatoms. The molecule has 2 amide bonds. The average Bonchev–Trinajstić information content (AvgIpc) is 3.19. The molecule has 1 saturated carbocycles. The number of amides is 2. The zero-order valence-corrected chi connectivity index (χ0v) is 12.5. The Labute approximate surface area is 115 Å². The van der Waals surface area contributed by atoms with Gasteiger partial charge in [0.1, 0.15) is 11.6 Å². The van der Waals surface area contributed by atoms with Gasteiger partial charge in [0.15, 0.2) is 0 Å². The highest BCUT2D eigenvalue weighted by molar-refractivity contribution is 5.99. The van der Waals surface area contributed by atoms with E-state index in [2.05, 4.69) is 19.2 Å². The Morgan fingerprint density at radius 2 is 2.00 bits per heavy atom. The zero-order valence-electron chi connectivity index (χ0n) is 12.5. The van der Waals surface area contributed by atoms with E-state index >= 15 is 0 Å². The number of hydrogen-bond donors (Lipinski definition) is 1. The lowest BCUT2D eigenvalue weighted by Gasteiger charge is -2.45. The van der Waals surface area contributed by atoms with Crippen molar-refractivity contribution in [2.75, 3.05) is 6.54 Å². The van der Waals surface area contributed by atoms with Gasteiger partial charge >= 0.3 is 0 Å². The van der Waals surface area contributed by atoms with E-state index in [1.165, 1.54) is 0 Å². The third kappa shape index (κ3) is 2.63. The molecule has 0 radical (unpaired) electrons. The molecule has 0 aromatic rings. The minimum absolute atomic E-state index is 0.0507. The van der Waals surface area contributed by atoms with Gasteiger partial charge in [0.2, 0.25) is 11.8 Å². The Hall–Kier alpha value is -1.06. The summed E-state index contributed by atoms with van der Waals surface area (Å²) in [6.45, 7) is 8.79. The standard InChI is InChI=1S/C15H26N2O2/c1-5-10(3)9-17-12(11-7-8-11)13(18)16-15(4,6-2)14(17)19/h10-12H,5-9H2,1-4H3,(H,16,18). The van der Waals surface area contributed by atoms with Gasteiger partial charge in [0.05, 0.1) is 0 Å². The molecule has 1 heterocycles. The highest BCUT2D eigenvalue weighted by Gasteiger charge is 2.51. The number of carbonyl (C=O) groups excluding carboxylic acids is 2. The number of nitrogens with one attached hydrogen (secondary N) is 1. The SMILES string of the molecule is CCC(C)CN1C(=O)C(C)(CC)NC(=O)C1C1CC1. The van der Waals surface area contributed by atoms with Crippen LogP contribution in [-0.2, 0) is 9.59 Å². The second-order valence-corrected chi connectivity index (χ2v) is 6.43. The Morgan fingerprint density at radius 1 is 1.37 bits per heavy atom. The molecular formula is C15H26N2O2. The fourth-order valence-corrected chi connectivity index (χ4v) is 2.77. The smallest absolute Gasteiger partial charge is 0.248 e. The molecule has 0 aromatic heterocycles. The van der Waals surface area contributed by atoms with Crippen LogP contribution in [0.3, 0.4) is 0 Å². The molecule has 3 atom stereocenters. The van der Waals surface area contributed by atoms with Gasteiger partial charge in [0.25, 0.3) is 0 Å². The van der Waals surface area contributed by atoms with E-state index in [1.54, 1.807) is 0 Å². The van der Waals surface area contributed by atoms with Crippen LogP contribution in [0.4, 0.5) is 0 Å². The van der Waals surface area contributed by atoms with Gasteiger partial charge in [-0.1, -0.05) is 27.2 Å². The van der Waals surface area contributed by atoms with E-state index in [-0.39, 0.29) is 17.9 Å². The van der Waals surface area contributed by atoms with E-state index in [0.29, 0.717) is 24.8 Å². The van der Waals surface area contributed by atoms with E-state index in [1.807, 2.05) is 18.7 Å². The van der Waals surface area contributed by atoms with Crippen LogP contribution in [0.15, 0.2) is 0 Å². The van der Waals surface area contributed by atoms with Crippen LogP contribution in [0.1, 0.15) is 53.4 Å². The predicted molar refractivity (Wildman–Crippen MR) is 74.5 cm³/mol. The van der Waals surface area contributed by atoms with Crippen molar-refractivity contribution in [3.63, 3.8) is 0 Å². The Morgan fingerprint density at radius 3 is 2.47 bits per heavy atom. The fourth-order valence-electron chi connectivity index (χ4n) is 2.77. The van der Waals surface area contributed by atoms with Crippen LogP contribution >= 0.6 is 0 Å². The Balaban J connectivity index is 2.24. The average molecular weight is 266 g/mol. The highest BCUT2D eigenvalue weighted by atomic mass is 16.2. The van der Waals surface area contributed by atoms with Crippen LogP contribution in [0.2, 0.25) is 0 Å². The molecule has 19 heavy (non-hydrogen) atoms. The van der Waals surface area contributed by atoms with Gasteiger partial charge in [-0.2, -0.15) is 0 Å². The van der Waals surface area contributed by atoms with Crippen molar-refractivity contribution in [1.29, 1.82) is 0 Å². The van der Waals surface area contributed by atoms with Crippen molar-refractivity contribution < 1.29 is 9.59 Å². The topological polar surface area (TPSA) is 49.4 Å². The number of piperazine rings is 1. The summed E-state index contributed by atoms with van der Waals surface area (Å²) in [5.74, 6) is 0.980. The molecule has 0 spiro atoms. The lowest BCUT2D eigenvalue weighted by Crippen LogP contribution is -2.70. The first-order valence-electron chi connectivity index (χ1n) is 7.56. The second kappa shape index (κ2) is 5.14. The molecule has 2 fully saturated rings. The number of carbonyl (C=O) groups is 2. The van der Waals surface area contributed by atoms with Crippen LogP contribution in [0.5, 0.6) is 0 Å². The Bertz CT molecular complexity index is 378. The summed E-state index contributed by atoms with van der Waals surface area (Å²) in [6.07, 6.45) is 3.83. The van der Waals surface area contributed by atoms with E-state index < -0.39 is 5.54 Å². The summed E-state index contributed by atoms with van der Waals surface area (Å²) in [6, 6.07) is -0.221. The minimum atomic E-state index is -0.712. The number of nitrogens with zero attached hydrogens (tertiary/aromatic N) is 1. The predicted octanol–water partition coefficient (Wildman–Crippen LogP) is 1.94. The summed E-state index contributed by atoms with van der Waals surface area (Å²) in [5.41, 5.74) is -0.712. The number of hydrogen-bond acceptors (Lipinski definition) is 2. The lowest BCUT2D eigenvalue weighted by molar-refractivity contribution is -0.156. The van der Waals surface area contributed by atoms with Crippen molar-refractivity contribution in [2.45, 2.75) is 65.0 Å². The van der Waals surface area contributed by atoms with Crippen molar-refractivity contribution in [2.24, 2.45) is 11.8 Å². The van der Waals surface area contributed by atoms with E-state index in [0.717, 1.165) is 19.3 Å². The molecule has 4 nitrogen and oxygen atoms in total. The van der Waals surface area contributed by atoms with Crippen molar-refractivity contribution in [1.82, 2.24) is 10.2 Å². The fraction of sp³-hybridized carbons (Fsp3) is 0.867. The molecular weight excluding hydrogens is 240 g/mol. The van der Waals surface area contributed by atoms with Crippen LogP contribution in [-0.4, -0.2) is 34.8 Å². The molecule has 2 aliphatic rings. The number of rotatable bonds is 5. The van der Waals surface area contributed by atoms with Gasteiger partial charge < -0.3 is 10.2 Å². The monoisotopic (exact) mass is 266 g/mol. The van der Waals surface area contributed by atoms with Crippen LogP contribution in [0.25, 0.3) is 0 Å². The van der Waals surface area contributed by atoms with E-state index in [4.69, 9.17) is 0 Å². The molecule has 2 rings (SSSR count). The lowest BCUT2D eigenvalue weighted by atomic mass is 9.89. The van der Waals surface area contributed by atoms with Crippen molar-refractivity contribution in [3.05, 3.63) is 0 Å². The second-order valence-electron chi connectivity index (χ2n) is 6.43. The van der Waals surface area contributed by atoms with Crippen LogP contribution < -0.4 is 5.32 Å². The molecule has 0 aromatic carbocycles. The van der Waals surface area contributed by atoms with Gasteiger partial charge in [-0.25, -0.2) is 0 Å².